The van der Waals surface area contributed by atoms with Gasteiger partial charge in [0.2, 0.25) is 0 Å². The Kier molecular flexibility index (Phi) is 5.02. The number of rotatable bonds is 6. The topological polar surface area (TPSA) is 92.7 Å². The highest BCUT2D eigenvalue weighted by Crippen LogP contribution is 2.21. The highest BCUT2D eigenvalue weighted by molar-refractivity contribution is 7.92. The van der Waals surface area contributed by atoms with Crippen LogP contribution in [0.2, 0.25) is 0 Å². The Hall–Kier alpha value is -2.80. The summed E-state index contributed by atoms with van der Waals surface area (Å²) in [5.41, 5.74) is 0.844. The van der Waals surface area contributed by atoms with E-state index in [0.717, 1.165) is 6.08 Å². The van der Waals surface area contributed by atoms with Crippen LogP contribution in [-0.4, -0.2) is 26.6 Å². The minimum Gasteiger partial charge on any atom is -0.497 e. The van der Waals surface area contributed by atoms with Crippen LogP contribution in [0.5, 0.6) is 5.75 Å². The molecule has 2 rings (SSSR count). The van der Waals surface area contributed by atoms with Crippen LogP contribution < -0.4 is 9.46 Å². The van der Waals surface area contributed by atoms with E-state index in [1.807, 2.05) is 0 Å². The number of methoxy groups -OCH3 is 1. The van der Waals surface area contributed by atoms with E-state index in [1.54, 1.807) is 36.4 Å². The summed E-state index contributed by atoms with van der Waals surface area (Å²) in [5.74, 6) is -0.573. The lowest BCUT2D eigenvalue weighted by Gasteiger charge is -2.09. The lowest BCUT2D eigenvalue weighted by atomic mass is 10.2. The molecular formula is C16H15NO5S. The van der Waals surface area contributed by atoms with Crippen molar-refractivity contribution in [1.82, 2.24) is 0 Å². The van der Waals surface area contributed by atoms with Crippen LogP contribution in [0, 0.1) is 0 Å². The number of hydrogen-bond donors (Lipinski definition) is 2. The lowest BCUT2D eigenvalue weighted by Crippen LogP contribution is -2.13. The van der Waals surface area contributed by atoms with Crippen molar-refractivity contribution in [3.8, 4) is 5.75 Å². The maximum atomic E-state index is 12.4. The molecule has 0 bridgehead atoms. The lowest BCUT2D eigenvalue weighted by molar-refractivity contribution is -0.131. The predicted octanol–water partition coefficient (Wildman–Crippen LogP) is 2.59. The van der Waals surface area contributed by atoms with Gasteiger partial charge in [-0.3, -0.25) is 4.72 Å². The van der Waals surface area contributed by atoms with E-state index < -0.39 is 16.0 Å². The molecule has 0 heterocycles. The number of ether oxygens (including phenoxy) is 1. The van der Waals surface area contributed by atoms with Gasteiger partial charge < -0.3 is 9.84 Å². The summed E-state index contributed by atoms with van der Waals surface area (Å²) >= 11 is 0. The first kappa shape index (κ1) is 16.6. The molecule has 0 aromatic heterocycles. The van der Waals surface area contributed by atoms with Gasteiger partial charge in [-0.15, -0.1) is 0 Å². The van der Waals surface area contributed by atoms with E-state index in [1.165, 1.54) is 25.3 Å². The van der Waals surface area contributed by atoms with Crippen molar-refractivity contribution in [2.75, 3.05) is 11.8 Å². The first-order valence-corrected chi connectivity index (χ1v) is 8.07. The van der Waals surface area contributed by atoms with Gasteiger partial charge in [0.05, 0.1) is 17.7 Å². The average Bonchev–Trinajstić information content (AvgIpc) is 2.53. The molecule has 0 unspecified atom stereocenters. The molecule has 0 aliphatic heterocycles. The second-order valence-electron chi connectivity index (χ2n) is 4.58. The van der Waals surface area contributed by atoms with Crippen LogP contribution in [0.1, 0.15) is 5.56 Å². The number of carboxylic acid groups (broad SMARTS) is 1. The monoisotopic (exact) mass is 333 g/mol. The average molecular weight is 333 g/mol. The molecule has 2 N–H and O–H groups in total. The van der Waals surface area contributed by atoms with Crippen LogP contribution >= 0.6 is 0 Å². The molecule has 7 heteroatoms. The van der Waals surface area contributed by atoms with E-state index in [4.69, 9.17) is 9.84 Å². The largest absolute Gasteiger partial charge is 0.497 e. The smallest absolute Gasteiger partial charge is 0.328 e. The normalized spacial score (nSPS) is 11.3. The van der Waals surface area contributed by atoms with Crippen LogP contribution in [0.3, 0.4) is 0 Å². The van der Waals surface area contributed by atoms with Crippen LogP contribution in [-0.2, 0) is 14.8 Å². The standard InChI is InChI=1S/C16H15NO5S/c1-22-14-6-3-5-13(11-14)17-23(20,21)15-7-2-4-12(10-15)8-9-16(18)19/h2-11,17H,1H3,(H,18,19). The summed E-state index contributed by atoms with van der Waals surface area (Å²) in [4.78, 5) is 10.6. The van der Waals surface area contributed by atoms with Crippen molar-refractivity contribution in [2.45, 2.75) is 4.90 Å². The van der Waals surface area contributed by atoms with Crippen molar-refractivity contribution in [3.63, 3.8) is 0 Å². The quantitative estimate of drug-likeness (QED) is 0.793. The molecule has 0 amide bonds. The van der Waals surface area contributed by atoms with E-state index >= 15 is 0 Å². The van der Waals surface area contributed by atoms with Gasteiger partial charge in [0, 0.05) is 12.1 Å². The molecule has 0 saturated carbocycles. The molecule has 0 atom stereocenters. The number of carbonyl (C=O) groups is 1. The predicted molar refractivity (Wildman–Crippen MR) is 86.9 cm³/mol. The molecule has 6 nitrogen and oxygen atoms in total. The Bertz CT molecular complexity index is 843. The number of sulfonamides is 1. The second kappa shape index (κ2) is 6.97. The number of nitrogens with one attached hydrogen (secondary N) is 1. The first-order chi connectivity index (χ1) is 10.9. The van der Waals surface area contributed by atoms with E-state index in [2.05, 4.69) is 4.72 Å². The zero-order chi connectivity index (χ0) is 16.9. The molecule has 23 heavy (non-hydrogen) atoms. The highest BCUT2D eigenvalue weighted by Gasteiger charge is 2.14. The fourth-order valence-electron chi connectivity index (χ4n) is 1.85. The molecule has 2 aromatic carbocycles. The van der Waals surface area contributed by atoms with Gasteiger partial charge in [-0.05, 0) is 35.9 Å². The van der Waals surface area contributed by atoms with E-state index in [-0.39, 0.29) is 4.90 Å². The molecule has 0 aliphatic carbocycles. The molecule has 0 fully saturated rings. The van der Waals surface area contributed by atoms with Gasteiger partial charge in [-0.2, -0.15) is 0 Å². The molecule has 0 spiro atoms. The molecule has 0 aliphatic rings. The zero-order valence-electron chi connectivity index (χ0n) is 12.3. The number of benzene rings is 2. The van der Waals surface area contributed by atoms with Gasteiger partial charge in [0.15, 0.2) is 0 Å². The minimum absolute atomic E-state index is 0.0351. The molecule has 120 valence electrons. The third-order valence-corrected chi connectivity index (χ3v) is 4.29. The third kappa shape index (κ3) is 4.58. The highest BCUT2D eigenvalue weighted by atomic mass is 32.2. The van der Waals surface area contributed by atoms with Crippen molar-refractivity contribution >= 4 is 27.8 Å². The van der Waals surface area contributed by atoms with Gasteiger partial charge in [-0.1, -0.05) is 18.2 Å². The Morgan fingerprint density at radius 1 is 1.17 bits per heavy atom. The Morgan fingerprint density at radius 3 is 2.61 bits per heavy atom. The summed E-state index contributed by atoms with van der Waals surface area (Å²) in [7, 11) is -2.29. The maximum absolute atomic E-state index is 12.4. The van der Waals surface area contributed by atoms with Gasteiger partial charge >= 0.3 is 5.97 Å². The second-order valence-corrected chi connectivity index (χ2v) is 6.26. The molecular weight excluding hydrogens is 318 g/mol. The number of anilines is 1. The van der Waals surface area contributed by atoms with Gasteiger partial charge in [0.1, 0.15) is 5.75 Å². The molecule has 0 radical (unpaired) electrons. The minimum atomic E-state index is -3.79. The molecule has 0 saturated heterocycles. The molecule has 2 aromatic rings. The van der Waals surface area contributed by atoms with Crippen molar-refractivity contribution < 1.29 is 23.1 Å². The summed E-state index contributed by atoms with van der Waals surface area (Å²) in [5, 5.41) is 8.62. The van der Waals surface area contributed by atoms with E-state index in [0.29, 0.717) is 17.0 Å². The summed E-state index contributed by atoms with van der Waals surface area (Å²) in [6.07, 6.45) is 2.27. The van der Waals surface area contributed by atoms with Crippen LogP contribution in [0.25, 0.3) is 6.08 Å². The van der Waals surface area contributed by atoms with Crippen molar-refractivity contribution in [1.29, 1.82) is 0 Å². The van der Waals surface area contributed by atoms with Crippen LogP contribution in [0.15, 0.2) is 59.5 Å². The van der Waals surface area contributed by atoms with Crippen LogP contribution in [0.4, 0.5) is 5.69 Å². The number of carboxylic acids is 1. The summed E-state index contributed by atoms with van der Waals surface area (Å²) in [6, 6.07) is 12.5. The Balaban J connectivity index is 2.28. The summed E-state index contributed by atoms with van der Waals surface area (Å²) in [6.45, 7) is 0. The zero-order valence-corrected chi connectivity index (χ0v) is 13.1. The van der Waals surface area contributed by atoms with Crippen molar-refractivity contribution in [2.24, 2.45) is 0 Å². The van der Waals surface area contributed by atoms with Gasteiger partial charge in [-0.25, -0.2) is 13.2 Å². The fraction of sp³-hybridized carbons (Fsp3) is 0.0625. The summed E-state index contributed by atoms with van der Waals surface area (Å²) < 4.78 is 32.3. The Labute approximate surface area is 134 Å². The maximum Gasteiger partial charge on any atom is 0.328 e. The van der Waals surface area contributed by atoms with Gasteiger partial charge in [0.25, 0.3) is 10.0 Å². The SMILES string of the molecule is COc1cccc(NS(=O)(=O)c2cccc(C=CC(=O)O)c2)c1. The Morgan fingerprint density at radius 2 is 1.91 bits per heavy atom. The van der Waals surface area contributed by atoms with Crippen molar-refractivity contribution in [3.05, 3.63) is 60.2 Å². The number of aliphatic carboxylic acids is 1. The fourth-order valence-corrected chi connectivity index (χ4v) is 2.96. The third-order valence-electron chi connectivity index (χ3n) is 2.91. The van der Waals surface area contributed by atoms with E-state index in [9.17, 15) is 13.2 Å². The first-order valence-electron chi connectivity index (χ1n) is 6.59. The number of hydrogen-bond acceptors (Lipinski definition) is 4.